The summed E-state index contributed by atoms with van der Waals surface area (Å²) in [4.78, 5) is 21.6. The first-order valence-electron chi connectivity index (χ1n) is 14.9. The number of amides is 1. The average Bonchev–Trinajstić information content (AvgIpc) is 3.60. The molecule has 2 N–H and O–H groups in total. The Hall–Kier alpha value is -5.31. The summed E-state index contributed by atoms with van der Waals surface area (Å²) in [7, 11) is 3.56. The van der Waals surface area contributed by atoms with Crippen LogP contribution in [0.2, 0.25) is 0 Å². The predicted molar refractivity (Wildman–Crippen MR) is 166 cm³/mol. The quantitative estimate of drug-likeness (QED) is 0.244. The number of aromatic nitrogens is 4. The standard InChI is InChI=1S/C33H30F3N9O2/c1-43(22-13-23(46)14-22)16-20-9-26-27(28(10-20)33(34,35)36)17-45(32(26)47)30-12-21(11-29(41-30)39-7-3-6-37)25-8-19(15-38)4-5-24(25)31-42-40-18-44(31)2/h4-5,8-12,18,22-23,46H,3,7,13-14,16-17H2,1-2H3,(H,39,41). The number of hydrogen-bond acceptors (Lipinski definition) is 9. The molecular formula is C33H30F3N9O2. The lowest BCUT2D eigenvalue weighted by Gasteiger charge is -2.38. The van der Waals surface area contributed by atoms with Gasteiger partial charge in [0.25, 0.3) is 5.91 Å². The molecule has 2 aromatic heterocycles. The number of aliphatic hydroxyl groups excluding tert-OH is 1. The molecule has 6 rings (SSSR count). The second-order valence-corrected chi connectivity index (χ2v) is 11.8. The summed E-state index contributed by atoms with van der Waals surface area (Å²) in [5.74, 6) is 0.282. The lowest BCUT2D eigenvalue weighted by Crippen LogP contribution is -2.44. The highest BCUT2D eigenvalue weighted by atomic mass is 19.4. The second kappa shape index (κ2) is 12.5. The van der Waals surface area contributed by atoms with Gasteiger partial charge in [-0.3, -0.25) is 14.6 Å². The van der Waals surface area contributed by atoms with E-state index in [1.807, 2.05) is 11.0 Å². The maximum absolute atomic E-state index is 14.4. The summed E-state index contributed by atoms with van der Waals surface area (Å²) >= 11 is 0. The van der Waals surface area contributed by atoms with E-state index in [2.05, 4.69) is 26.6 Å². The minimum atomic E-state index is -4.70. The van der Waals surface area contributed by atoms with Crippen molar-refractivity contribution in [3.05, 3.63) is 76.6 Å². The smallest absolute Gasteiger partial charge is 0.393 e. The molecule has 0 atom stereocenters. The van der Waals surface area contributed by atoms with Crippen molar-refractivity contribution in [2.75, 3.05) is 23.8 Å². The summed E-state index contributed by atoms with van der Waals surface area (Å²) < 4.78 is 45.0. The molecule has 0 spiro atoms. The molecule has 1 saturated carbocycles. The Labute approximate surface area is 268 Å². The van der Waals surface area contributed by atoms with Crippen LogP contribution in [0.3, 0.4) is 0 Å². The number of rotatable bonds is 9. The van der Waals surface area contributed by atoms with Gasteiger partial charge in [-0.2, -0.15) is 23.7 Å². The van der Waals surface area contributed by atoms with E-state index in [9.17, 15) is 28.3 Å². The van der Waals surface area contributed by atoms with E-state index in [1.54, 1.807) is 49.0 Å². The van der Waals surface area contributed by atoms with Crippen LogP contribution in [0.4, 0.5) is 24.8 Å². The van der Waals surface area contributed by atoms with E-state index >= 15 is 0 Å². The van der Waals surface area contributed by atoms with Gasteiger partial charge in [0, 0.05) is 37.3 Å². The van der Waals surface area contributed by atoms with Crippen LogP contribution in [0.1, 0.15) is 51.9 Å². The van der Waals surface area contributed by atoms with Crippen molar-refractivity contribution in [3.8, 4) is 34.7 Å². The van der Waals surface area contributed by atoms with E-state index in [4.69, 9.17) is 5.26 Å². The Morgan fingerprint density at radius 2 is 1.89 bits per heavy atom. The van der Waals surface area contributed by atoms with Crippen LogP contribution in [-0.2, 0) is 26.3 Å². The van der Waals surface area contributed by atoms with Gasteiger partial charge < -0.3 is 15.0 Å². The number of pyridine rings is 1. The zero-order valence-corrected chi connectivity index (χ0v) is 25.6. The maximum atomic E-state index is 14.4. The first-order valence-corrected chi connectivity index (χ1v) is 14.9. The summed E-state index contributed by atoms with van der Waals surface area (Å²) in [6, 6.07) is 15.2. The van der Waals surface area contributed by atoms with Crippen LogP contribution in [0.5, 0.6) is 0 Å². The molecule has 11 nitrogen and oxygen atoms in total. The molecule has 1 fully saturated rings. The molecule has 2 aliphatic rings. The Kier molecular flexibility index (Phi) is 8.40. The fourth-order valence-electron chi connectivity index (χ4n) is 6.06. The van der Waals surface area contributed by atoms with Gasteiger partial charge in [-0.1, -0.05) is 0 Å². The number of aliphatic hydroxyl groups is 1. The number of fused-ring (bicyclic) bond motifs is 1. The van der Waals surface area contributed by atoms with Crippen LogP contribution >= 0.6 is 0 Å². The first-order chi connectivity index (χ1) is 22.5. The number of carbonyl (C=O) groups excluding carboxylic acids is 1. The normalized spacial score (nSPS) is 17.3. The van der Waals surface area contributed by atoms with Gasteiger partial charge in [-0.15, -0.1) is 10.2 Å². The summed E-state index contributed by atoms with van der Waals surface area (Å²) in [6.07, 6.45) is -2.33. The van der Waals surface area contributed by atoms with Crippen molar-refractivity contribution >= 4 is 17.5 Å². The Bertz CT molecular complexity index is 1940. The maximum Gasteiger partial charge on any atom is 0.416 e. The van der Waals surface area contributed by atoms with Crippen molar-refractivity contribution in [2.45, 2.75) is 50.7 Å². The van der Waals surface area contributed by atoms with Gasteiger partial charge in [0.05, 0.1) is 42.3 Å². The van der Waals surface area contributed by atoms with E-state index in [0.717, 1.165) is 6.07 Å². The van der Waals surface area contributed by atoms with Crippen LogP contribution in [-0.4, -0.2) is 61.4 Å². The monoisotopic (exact) mass is 641 g/mol. The van der Waals surface area contributed by atoms with Gasteiger partial charge in [0.1, 0.15) is 18.0 Å². The van der Waals surface area contributed by atoms with Gasteiger partial charge in [0.2, 0.25) is 0 Å². The van der Waals surface area contributed by atoms with Crippen molar-refractivity contribution in [1.29, 1.82) is 10.5 Å². The molecule has 0 radical (unpaired) electrons. The minimum Gasteiger partial charge on any atom is -0.393 e. The van der Waals surface area contributed by atoms with Crippen molar-refractivity contribution in [2.24, 2.45) is 7.05 Å². The highest BCUT2D eigenvalue weighted by Crippen LogP contribution is 2.41. The van der Waals surface area contributed by atoms with E-state index in [1.165, 1.54) is 17.3 Å². The number of aryl methyl sites for hydroxylation is 1. The van der Waals surface area contributed by atoms with Gasteiger partial charge in [-0.05, 0) is 84.6 Å². The average molecular weight is 642 g/mol. The summed E-state index contributed by atoms with van der Waals surface area (Å²) in [6.45, 7) is 0.0697. The molecule has 0 unspecified atom stereocenters. The van der Waals surface area contributed by atoms with Crippen molar-refractivity contribution in [3.63, 3.8) is 0 Å². The van der Waals surface area contributed by atoms with E-state index in [0.29, 0.717) is 52.3 Å². The summed E-state index contributed by atoms with van der Waals surface area (Å²) in [5, 5.41) is 39.7. The predicted octanol–water partition coefficient (Wildman–Crippen LogP) is 4.88. The molecule has 0 bridgehead atoms. The highest BCUT2D eigenvalue weighted by molar-refractivity contribution is 6.10. The molecule has 2 aromatic carbocycles. The zero-order valence-electron chi connectivity index (χ0n) is 25.6. The lowest BCUT2D eigenvalue weighted by atomic mass is 9.88. The number of nitriles is 2. The molecule has 14 heteroatoms. The molecule has 3 heterocycles. The van der Waals surface area contributed by atoms with Gasteiger partial charge in [0.15, 0.2) is 5.82 Å². The molecule has 1 aliphatic heterocycles. The third kappa shape index (κ3) is 6.25. The largest absolute Gasteiger partial charge is 0.416 e. The molecule has 0 saturated heterocycles. The molecule has 47 heavy (non-hydrogen) atoms. The first kappa shape index (κ1) is 31.7. The highest BCUT2D eigenvalue weighted by Gasteiger charge is 2.41. The third-order valence-electron chi connectivity index (χ3n) is 8.59. The van der Waals surface area contributed by atoms with Crippen LogP contribution in [0.25, 0.3) is 22.5 Å². The molecule has 1 aliphatic carbocycles. The number of nitrogens with zero attached hydrogens (tertiary/aromatic N) is 8. The van der Waals surface area contributed by atoms with Crippen LogP contribution in [0.15, 0.2) is 48.8 Å². The van der Waals surface area contributed by atoms with Crippen molar-refractivity contribution in [1.82, 2.24) is 24.6 Å². The number of alkyl halides is 3. The number of nitrogens with one attached hydrogen (secondary N) is 1. The van der Waals surface area contributed by atoms with E-state index < -0.39 is 23.8 Å². The number of carbonyl (C=O) groups is 1. The lowest BCUT2D eigenvalue weighted by molar-refractivity contribution is -0.138. The number of anilines is 2. The number of hydrogen-bond donors (Lipinski definition) is 2. The summed E-state index contributed by atoms with van der Waals surface area (Å²) in [5.41, 5.74) is 1.37. The third-order valence-corrected chi connectivity index (χ3v) is 8.59. The fraction of sp³-hybridized carbons (Fsp3) is 0.333. The SMILES string of the molecule is CN(Cc1cc2c(c(C(F)(F)F)c1)CN(c1cc(-c3cc(C#N)ccc3-c3nncn3C)cc(NCCC#N)n1)C2=O)C1CC(O)C1. The minimum absolute atomic E-state index is 0.0460. The molecule has 1 amide bonds. The Balaban J connectivity index is 1.43. The van der Waals surface area contributed by atoms with Gasteiger partial charge >= 0.3 is 6.18 Å². The van der Waals surface area contributed by atoms with Crippen LogP contribution in [0, 0.1) is 22.7 Å². The molecule has 4 aromatic rings. The van der Waals surface area contributed by atoms with Crippen molar-refractivity contribution < 1.29 is 23.1 Å². The molecule has 240 valence electrons. The topological polar surface area (TPSA) is 147 Å². The number of benzene rings is 2. The second-order valence-electron chi connectivity index (χ2n) is 11.8. The van der Waals surface area contributed by atoms with Crippen LogP contribution < -0.4 is 10.2 Å². The fourth-order valence-corrected chi connectivity index (χ4v) is 6.06. The molecular weight excluding hydrogens is 611 g/mol. The Morgan fingerprint density at radius 3 is 2.55 bits per heavy atom. The Morgan fingerprint density at radius 1 is 1.11 bits per heavy atom. The van der Waals surface area contributed by atoms with E-state index in [-0.39, 0.29) is 49.0 Å². The van der Waals surface area contributed by atoms with Gasteiger partial charge in [-0.25, -0.2) is 4.98 Å². The zero-order chi connectivity index (χ0) is 33.5. The number of halogens is 3.